The van der Waals surface area contributed by atoms with E-state index in [2.05, 4.69) is 6.92 Å². The normalized spacial score (nSPS) is 40.3. The third kappa shape index (κ3) is 2.00. The molecule has 0 bridgehead atoms. The van der Waals surface area contributed by atoms with Crippen LogP contribution in [0.5, 0.6) is 0 Å². The van der Waals surface area contributed by atoms with Gasteiger partial charge < -0.3 is 15.2 Å². The Bertz CT molecular complexity index is 329. The summed E-state index contributed by atoms with van der Waals surface area (Å²) in [6.07, 6.45) is 4.95. The molecule has 0 spiro atoms. The van der Waals surface area contributed by atoms with Gasteiger partial charge in [0.2, 0.25) is 0 Å². The maximum absolute atomic E-state index is 12.1. The average Bonchev–Trinajstić information content (AvgIpc) is 2.61. The predicted octanol–water partition coefficient (Wildman–Crippen LogP) is 1.86. The van der Waals surface area contributed by atoms with Crippen LogP contribution < -0.4 is 5.73 Å². The molecule has 2 aliphatic rings. The Morgan fingerprint density at radius 2 is 2.06 bits per heavy atom. The lowest BCUT2D eigenvalue weighted by molar-refractivity contribution is -0.138. The van der Waals surface area contributed by atoms with Gasteiger partial charge in [-0.15, -0.1) is 0 Å². The minimum Gasteiger partial charge on any atom is -0.356 e. The second kappa shape index (κ2) is 4.91. The van der Waals surface area contributed by atoms with E-state index < -0.39 is 0 Å². The van der Waals surface area contributed by atoms with Crippen molar-refractivity contribution in [3.8, 4) is 0 Å². The number of methoxy groups -OCH3 is 2. The van der Waals surface area contributed by atoms with Crippen LogP contribution in [-0.4, -0.2) is 31.8 Å². The minimum absolute atomic E-state index is 0.0857. The van der Waals surface area contributed by atoms with Crippen molar-refractivity contribution in [1.82, 2.24) is 0 Å². The number of hydrogen-bond donors (Lipinski definition) is 1. The van der Waals surface area contributed by atoms with Crippen molar-refractivity contribution in [2.45, 2.75) is 57.3 Å². The van der Waals surface area contributed by atoms with Crippen molar-refractivity contribution in [3.05, 3.63) is 0 Å². The highest BCUT2D eigenvalue weighted by Crippen LogP contribution is 2.56. The van der Waals surface area contributed by atoms with Crippen LogP contribution >= 0.6 is 0 Å². The summed E-state index contributed by atoms with van der Waals surface area (Å²) in [5.41, 5.74) is 6.22. The van der Waals surface area contributed by atoms with E-state index in [1.54, 1.807) is 14.2 Å². The molecule has 2 aliphatic carbocycles. The first-order chi connectivity index (χ1) is 8.47. The molecular weight excluding hydrogens is 230 g/mol. The Morgan fingerprint density at radius 1 is 1.39 bits per heavy atom. The topological polar surface area (TPSA) is 61.5 Å². The monoisotopic (exact) mass is 255 g/mol. The lowest BCUT2D eigenvalue weighted by Crippen LogP contribution is -2.56. The van der Waals surface area contributed by atoms with E-state index in [0.717, 1.165) is 32.1 Å². The van der Waals surface area contributed by atoms with E-state index in [1.807, 2.05) is 0 Å². The highest BCUT2D eigenvalue weighted by atomic mass is 16.7. The van der Waals surface area contributed by atoms with Gasteiger partial charge in [-0.2, -0.15) is 0 Å². The second-order valence-corrected chi connectivity index (χ2v) is 6.09. The number of nitrogens with two attached hydrogens (primary N) is 1. The van der Waals surface area contributed by atoms with Gasteiger partial charge in [0, 0.05) is 38.5 Å². The van der Waals surface area contributed by atoms with Crippen molar-refractivity contribution in [1.29, 1.82) is 0 Å². The zero-order valence-corrected chi connectivity index (χ0v) is 11.7. The van der Waals surface area contributed by atoms with Crippen LogP contribution in [0.3, 0.4) is 0 Å². The molecule has 2 N–H and O–H groups in total. The molecule has 0 unspecified atom stereocenters. The van der Waals surface area contributed by atoms with Crippen LogP contribution in [-0.2, 0) is 14.3 Å². The highest BCUT2D eigenvalue weighted by molar-refractivity contribution is 5.83. The Morgan fingerprint density at radius 3 is 2.67 bits per heavy atom. The maximum atomic E-state index is 12.1. The minimum atomic E-state index is -0.343. The summed E-state index contributed by atoms with van der Waals surface area (Å²) >= 11 is 0. The van der Waals surface area contributed by atoms with Gasteiger partial charge in [0.05, 0.1) is 0 Å². The molecule has 0 radical (unpaired) electrons. The van der Waals surface area contributed by atoms with Crippen molar-refractivity contribution < 1.29 is 14.3 Å². The SMILES string of the molecule is COC(C[C@@]1(N)CC[C@H]2C(=O)CCC[C@@]21C)OC. The molecule has 104 valence electrons. The van der Waals surface area contributed by atoms with Gasteiger partial charge in [-0.1, -0.05) is 6.92 Å². The first kappa shape index (κ1) is 14.0. The van der Waals surface area contributed by atoms with Gasteiger partial charge in [0.25, 0.3) is 0 Å². The van der Waals surface area contributed by atoms with E-state index in [9.17, 15) is 4.79 Å². The molecule has 2 fully saturated rings. The summed E-state index contributed by atoms with van der Waals surface area (Å²) < 4.78 is 10.6. The molecule has 0 saturated heterocycles. The van der Waals surface area contributed by atoms with Crippen LogP contribution in [0.1, 0.15) is 45.4 Å². The van der Waals surface area contributed by atoms with Gasteiger partial charge in [-0.25, -0.2) is 0 Å². The van der Waals surface area contributed by atoms with Crippen LogP contribution in [0.15, 0.2) is 0 Å². The van der Waals surface area contributed by atoms with Crippen molar-refractivity contribution in [2.24, 2.45) is 17.1 Å². The molecule has 0 aliphatic heterocycles. The molecule has 0 aromatic rings. The van der Waals surface area contributed by atoms with Gasteiger partial charge in [0.1, 0.15) is 5.78 Å². The summed E-state index contributed by atoms with van der Waals surface area (Å²) in [6.45, 7) is 2.18. The van der Waals surface area contributed by atoms with Gasteiger partial charge in [-0.05, 0) is 31.1 Å². The van der Waals surface area contributed by atoms with E-state index >= 15 is 0 Å². The van der Waals surface area contributed by atoms with Crippen molar-refractivity contribution >= 4 is 5.78 Å². The average molecular weight is 255 g/mol. The zero-order chi connectivity index (χ0) is 13.4. The molecule has 0 aromatic carbocycles. The smallest absolute Gasteiger partial charge is 0.158 e. The van der Waals surface area contributed by atoms with Crippen LogP contribution in [0.4, 0.5) is 0 Å². The Hall–Kier alpha value is -0.450. The highest BCUT2D eigenvalue weighted by Gasteiger charge is 2.58. The standard InChI is InChI=1S/C14H25NO3/c1-13-7-4-5-11(16)10(13)6-8-14(13,15)9-12(17-2)18-3/h10,12H,4-9,15H2,1-3H3/t10-,13-,14-/m0/s1. The largest absolute Gasteiger partial charge is 0.356 e. The summed E-state index contributed by atoms with van der Waals surface area (Å²) in [7, 11) is 3.27. The fourth-order valence-electron chi connectivity index (χ4n) is 3.99. The summed E-state index contributed by atoms with van der Waals surface area (Å²) in [5.74, 6) is 0.549. The molecule has 4 heteroatoms. The second-order valence-electron chi connectivity index (χ2n) is 6.09. The molecule has 18 heavy (non-hydrogen) atoms. The van der Waals surface area contributed by atoms with Crippen molar-refractivity contribution in [2.75, 3.05) is 14.2 Å². The number of fused-ring (bicyclic) bond motifs is 1. The van der Waals surface area contributed by atoms with E-state index in [0.29, 0.717) is 12.2 Å². The molecule has 2 rings (SSSR count). The van der Waals surface area contributed by atoms with Gasteiger partial charge >= 0.3 is 0 Å². The molecular formula is C14H25NO3. The Balaban J connectivity index is 2.20. The lowest BCUT2D eigenvalue weighted by atomic mass is 9.61. The molecule has 2 saturated carbocycles. The van der Waals surface area contributed by atoms with Crippen LogP contribution in [0, 0.1) is 11.3 Å². The summed E-state index contributed by atoms with van der Waals surface area (Å²) in [6, 6.07) is 0. The number of hydrogen-bond acceptors (Lipinski definition) is 4. The molecule has 0 aromatic heterocycles. The van der Waals surface area contributed by atoms with E-state index in [-0.39, 0.29) is 23.2 Å². The predicted molar refractivity (Wildman–Crippen MR) is 69.0 cm³/mol. The number of ether oxygens (including phenoxy) is 2. The Kier molecular flexibility index (Phi) is 3.81. The molecule has 3 atom stereocenters. The third-order valence-electron chi connectivity index (χ3n) is 5.35. The first-order valence-corrected chi connectivity index (χ1v) is 6.84. The van der Waals surface area contributed by atoms with Gasteiger partial charge in [-0.3, -0.25) is 4.79 Å². The number of carbonyl (C=O) groups is 1. The summed E-state index contributed by atoms with van der Waals surface area (Å²) in [4.78, 5) is 12.1. The molecule has 0 amide bonds. The maximum Gasteiger partial charge on any atom is 0.158 e. The number of ketones is 1. The van der Waals surface area contributed by atoms with E-state index in [4.69, 9.17) is 15.2 Å². The summed E-state index contributed by atoms with van der Waals surface area (Å²) in [5, 5.41) is 0. The number of rotatable bonds is 4. The zero-order valence-electron chi connectivity index (χ0n) is 11.7. The van der Waals surface area contributed by atoms with Crippen molar-refractivity contribution in [3.63, 3.8) is 0 Å². The third-order valence-corrected chi connectivity index (χ3v) is 5.35. The van der Waals surface area contributed by atoms with Crippen LogP contribution in [0.2, 0.25) is 0 Å². The quantitative estimate of drug-likeness (QED) is 0.779. The fraction of sp³-hybridized carbons (Fsp3) is 0.929. The molecule has 4 nitrogen and oxygen atoms in total. The number of carbonyl (C=O) groups excluding carboxylic acids is 1. The molecule has 0 heterocycles. The Labute approximate surface area is 109 Å². The lowest BCUT2D eigenvalue weighted by Gasteiger charge is -2.47. The van der Waals surface area contributed by atoms with Crippen LogP contribution in [0.25, 0.3) is 0 Å². The first-order valence-electron chi connectivity index (χ1n) is 6.84. The van der Waals surface area contributed by atoms with E-state index in [1.165, 1.54) is 0 Å². The fourth-order valence-corrected chi connectivity index (χ4v) is 3.99. The van der Waals surface area contributed by atoms with Gasteiger partial charge in [0.15, 0.2) is 6.29 Å². The number of Topliss-reactive ketones (excluding diaryl/α,β-unsaturated/α-hetero) is 1.